The Labute approximate surface area is 125 Å². The second kappa shape index (κ2) is 7.96. The van der Waals surface area contributed by atoms with Crippen LogP contribution in [0.5, 0.6) is 0 Å². The first kappa shape index (κ1) is 17.4. The van der Waals surface area contributed by atoms with Crippen molar-refractivity contribution in [3.8, 4) is 0 Å². The first-order chi connectivity index (χ1) is 9.39. The summed E-state index contributed by atoms with van der Waals surface area (Å²) in [6, 6.07) is 4.65. The molecule has 20 heavy (non-hydrogen) atoms. The van der Waals surface area contributed by atoms with Crippen LogP contribution in [0.3, 0.4) is 0 Å². The van der Waals surface area contributed by atoms with Gasteiger partial charge < -0.3 is 5.32 Å². The number of hydrogen-bond donors (Lipinski definition) is 1. The summed E-state index contributed by atoms with van der Waals surface area (Å²) in [6.45, 7) is 4.34. The molecule has 1 aromatic rings. The Hall–Kier alpha value is -0.650. The van der Waals surface area contributed by atoms with Crippen molar-refractivity contribution >= 4 is 21.4 Å². The van der Waals surface area contributed by atoms with Gasteiger partial charge >= 0.3 is 0 Å². The predicted molar refractivity (Wildman–Crippen MR) is 81.4 cm³/mol. The Balaban J connectivity index is 2.71. The molecule has 1 atom stereocenters. The van der Waals surface area contributed by atoms with E-state index in [2.05, 4.69) is 5.32 Å². The van der Waals surface area contributed by atoms with Gasteiger partial charge in [-0.25, -0.2) is 12.8 Å². The zero-order valence-corrected chi connectivity index (χ0v) is 13.4. The van der Waals surface area contributed by atoms with Crippen LogP contribution in [0.2, 0.25) is 5.02 Å². The van der Waals surface area contributed by atoms with Crippen LogP contribution in [0.1, 0.15) is 38.3 Å². The maximum absolute atomic E-state index is 13.5. The average molecular weight is 322 g/mol. The highest BCUT2D eigenvalue weighted by Crippen LogP contribution is 2.23. The molecule has 1 rings (SSSR count). The fourth-order valence-electron chi connectivity index (χ4n) is 2.01. The van der Waals surface area contributed by atoms with E-state index in [-0.39, 0.29) is 22.6 Å². The summed E-state index contributed by atoms with van der Waals surface area (Å²) in [5.74, 6) is -0.121. The lowest BCUT2D eigenvalue weighted by Crippen LogP contribution is -2.22. The van der Waals surface area contributed by atoms with Gasteiger partial charge in [0.15, 0.2) is 0 Å². The van der Waals surface area contributed by atoms with Crippen LogP contribution in [0.4, 0.5) is 4.39 Å². The van der Waals surface area contributed by atoms with Gasteiger partial charge in [-0.15, -0.1) is 0 Å². The van der Waals surface area contributed by atoms with Crippen molar-refractivity contribution in [1.82, 2.24) is 5.32 Å². The van der Waals surface area contributed by atoms with E-state index in [1.165, 1.54) is 12.1 Å². The van der Waals surface area contributed by atoms with E-state index in [0.29, 0.717) is 12.8 Å². The maximum Gasteiger partial charge on any atom is 0.150 e. The summed E-state index contributed by atoms with van der Waals surface area (Å²) in [7, 11) is -2.95. The van der Waals surface area contributed by atoms with Crippen molar-refractivity contribution in [3.05, 3.63) is 34.6 Å². The highest BCUT2D eigenvalue weighted by atomic mass is 35.5. The summed E-state index contributed by atoms with van der Waals surface area (Å²) in [4.78, 5) is 0. The van der Waals surface area contributed by atoms with Crippen LogP contribution in [0.25, 0.3) is 0 Å². The molecule has 1 aromatic carbocycles. The molecule has 114 valence electrons. The summed E-state index contributed by atoms with van der Waals surface area (Å²) < 4.78 is 36.4. The third-order valence-corrected chi connectivity index (χ3v) is 5.28. The molecule has 0 aliphatic heterocycles. The summed E-state index contributed by atoms with van der Waals surface area (Å²) in [5.41, 5.74) is 0.794. The number of rotatable bonds is 8. The predicted octanol–water partition coefficient (Wildman–Crippen LogP) is 3.34. The summed E-state index contributed by atoms with van der Waals surface area (Å²) >= 11 is 5.67. The van der Waals surface area contributed by atoms with E-state index >= 15 is 0 Å². The van der Waals surface area contributed by atoms with Gasteiger partial charge in [0.2, 0.25) is 0 Å². The number of benzene rings is 1. The first-order valence-corrected chi connectivity index (χ1v) is 8.98. The minimum atomic E-state index is -2.95. The lowest BCUT2D eigenvalue weighted by Gasteiger charge is -2.18. The molecule has 0 bridgehead atoms. The smallest absolute Gasteiger partial charge is 0.150 e. The lowest BCUT2D eigenvalue weighted by atomic mass is 10.0. The SMILES string of the molecule is CCNC(CCCS(=O)(=O)CC)c1ccc(Cl)c(F)c1. The van der Waals surface area contributed by atoms with Gasteiger partial charge in [-0.3, -0.25) is 0 Å². The molecule has 0 aromatic heterocycles. The molecule has 0 aliphatic carbocycles. The van der Waals surface area contributed by atoms with Gasteiger partial charge in [0, 0.05) is 11.8 Å². The van der Waals surface area contributed by atoms with Crippen molar-refractivity contribution in [1.29, 1.82) is 0 Å². The van der Waals surface area contributed by atoms with Gasteiger partial charge in [0.25, 0.3) is 0 Å². The van der Waals surface area contributed by atoms with Gasteiger partial charge in [-0.05, 0) is 37.1 Å². The van der Waals surface area contributed by atoms with Gasteiger partial charge in [0.05, 0.1) is 10.8 Å². The van der Waals surface area contributed by atoms with E-state index in [1.54, 1.807) is 13.0 Å². The van der Waals surface area contributed by atoms with E-state index < -0.39 is 15.7 Å². The van der Waals surface area contributed by atoms with Crippen molar-refractivity contribution in [2.24, 2.45) is 0 Å². The maximum atomic E-state index is 13.5. The lowest BCUT2D eigenvalue weighted by molar-refractivity contribution is 0.503. The molecule has 3 nitrogen and oxygen atoms in total. The molecule has 6 heteroatoms. The fourth-order valence-corrected chi connectivity index (χ4v) is 3.03. The minimum Gasteiger partial charge on any atom is -0.310 e. The minimum absolute atomic E-state index is 0.0566. The molecular formula is C14H21ClFNO2S. The number of sulfone groups is 1. The van der Waals surface area contributed by atoms with Gasteiger partial charge in [0.1, 0.15) is 15.7 Å². The number of halogens is 2. The molecule has 1 N–H and O–H groups in total. The van der Waals surface area contributed by atoms with Crippen molar-refractivity contribution in [2.45, 2.75) is 32.7 Å². The Morgan fingerprint density at radius 1 is 1.35 bits per heavy atom. The topological polar surface area (TPSA) is 46.2 Å². The summed E-state index contributed by atoms with van der Waals surface area (Å²) in [5, 5.41) is 3.34. The first-order valence-electron chi connectivity index (χ1n) is 6.78. The molecule has 0 radical (unpaired) electrons. The fraction of sp³-hybridized carbons (Fsp3) is 0.571. The van der Waals surface area contributed by atoms with Gasteiger partial charge in [-0.2, -0.15) is 0 Å². The Kier molecular flexibility index (Phi) is 6.92. The highest BCUT2D eigenvalue weighted by Gasteiger charge is 2.14. The second-order valence-electron chi connectivity index (χ2n) is 4.66. The van der Waals surface area contributed by atoms with Crippen LogP contribution in [0.15, 0.2) is 18.2 Å². The molecule has 0 heterocycles. The van der Waals surface area contributed by atoms with Crippen LogP contribution in [0, 0.1) is 5.82 Å². The molecule has 1 unspecified atom stereocenters. The molecule has 0 saturated carbocycles. The van der Waals surface area contributed by atoms with Crippen LogP contribution in [-0.4, -0.2) is 26.5 Å². The van der Waals surface area contributed by atoms with Crippen LogP contribution in [-0.2, 0) is 9.84 Å². The highest BCUT2D eigenvalue weighted by molar-refractivity contribution is 7.91. The normalized spacial score (nSPS) is 13.4. The third kappa shape index (κ3) is 5.38. The molecule has 0 aliphatic rings. The third-order valence-electron chi connectivity index (χ3n) is 3.18. The molecule has 0 spiro atoms. The second-order valence-corrected chi connectivity index (χ2v) is 7.54. The van der Waals surface area contributed by atoms with Crippen molar-refractivity contribution in [2.75, 3.05) is 18.1 Å². The Bertz CT molecular complexity index is 534. The average Bonchev–Trinajstić information content (AvgIpc) is 2.41. The van der Waals surface area contributed by atoms with Crippen LogP contribution >= 0.6 is 11.6 Å². The number of hydrogen-bond acceptors (Lipinski definition) is 3. The van der Waals surface area contributed by atoms with E-state index in [1.807, 2.05) is 6.92 Å². The van der Waals surface area contributed by atoms with Crippen molar-refractivity contribution in [3.63, 3.8) is 0 Å². The van der Waals surface area contributed by atoms with E-state index in [4.69, 9.17) is 11.6 Å². The Morgan fingerprint density at radius 3 is 2.60 bits per heavy atom. The molecule has 0 saturated heterocycles. The monoisotopic (exact) mass is 321 g/mol. The molecular weight excluding hydrogens is 301 g/mol. The molecule has 0 fully saturated rings. The largest absolute Gasteiger partial charge is 0.310 e. The standard InChI is InChI=1S/C14H21ClFNO2S/c1-3-17-14(6-5-9-20(18,19)4-2)11-7-8-12(15)13(16)10-11/h7-8,10,14,17H,3-6,9H2,1-2H3. The molecule has 0 amide bonds. The van der Waals surface area contributed by atoms with Gasteiger partial charge in [-0.1, -0.05) is 31.5 Å². The van der Waals surface area contributed by atoms with E-state index in [0.717, 1.165) is 12.1 Å². The quantitative estimate of drug-likeness (QED) is 0.798. The number of nitrogens with one attached hydrogen (secondary N) is 1. The zero-order chi connectivity index (χ0) is 15.2. The summed E-state index contributed by atoms with van der Waals surface area (Å²) in [6.07, 6.45) is 1.20. The Morgan fingerprint density at radius 2 is 2.05 bits per heavy atom. The van der Waals surface area contributed by atoms with Crippen molar-refractivity contribution < 1.29 is 12.8 Å². The zero-order valence-electron chi connectivity index (χ0n) is 11.8. The van der Waals surface area contributed by atoms with Crippen LogP contribution < -0.4 is 5.32 Å². The van der Waals surface area contributed by atoms with E-state index in [9.17, 15) is 12.8 Å².